The zero-order chi connectivity index (χ0) is 14.8. The van der Waals surface area contributed by atoms with Crippen molar-refractivity contribution in [2.24, 2.45) is 7.05 Å². The van der Waals surface area contributed by atoms with E-state index in [1.54, 1.807) is 35.0 Å². The van der Waals surface area contributed by atoms with Crippen LogP contribution in [0.1, 0.15) is 16.1 Å². The Kier molecular flexibility index (Phi) is 3.27. The molecule has 1 aromatic carbocycles. The van der Waals surface area contributed by atoms with Gasteiger partial charge < -0.3 is 5.32 Å². The summed E-state index contributed by atoms with van der Waals surface area (Å²) in [6.45, 7) is 1.87. The van der Waals surface area contributed by atoms with Gasteiger partial charge in [0.2, 0.25) is 0 Å². The van der Waals surface area contributed by atoms with Gasteiger partial charge in [-0.2, -0.15) is 10.2 Å². The molecule has 0 aliphatic rings. The largest absolute Gasteiger partial charge is 0.319 e. The maximum absolute atomic E-state index is 12.3. The smallest absolute Gasteiger partial charge is 0.259 e. The molecule has 0 radical (unpaired) electrons. The summed E-state index contributed by atoms with van der Waals surface area (Å²) >= 11 is 0. The number of rotatable bonds is 3. The number of nitrogens with zero attached hydrogens (tertiary/aromatic N) is 4. The van der Waals surface area contributed by atoms with Gasteiger partial charge in [-0.25, -0.2) is 4.68 Å². The summed E-state index contributed by atoms with van der Waals surface area (Å²) in [6, 6.07) is 9.71. The predicted molar refractivity (Wildman–Crippen MR) is 79.5 cm³/mol. The third kappa shape index (κ3) is 2.55. The third-order valence-corrected chi connectivity index (χ3v) is 3.22. The molecule has 0 fully saturated rings. The minimum Gasteiger partial charge on any atom is -0.319 e. The first-order valence-corrected chi connectivity index (χ1v) is 6.55. The molecule has 0 saturated carbocycles. The van der Waals surface area contributed by atoms with E-state index in [2.05, 4.69) is 15.5 Å². The molecule has 21 heavy (non-hydrogen) atoms. The third-order valence-electron chi connectivity index (χ3n) is 3.22. The summed E-state index contributed by atoms with van der Waals surface area (Å²) in [4.78, 5) is 12.3. The highest BCUT2D eigenvalue weighted by Gasteiger charge is 2.15. The van der Waals surface area contributed by atoms with E-state index in [-0.39, 0.29) is 5.91 Å². The molecule has 106 valence electrons. The lowest BCUT2D eigenvalue weighted by atomic mass is 10.2. The molecule has 0 aliphatic carbocycles. The van der Waals surface area contributed by atoms with E-state index in [0.29, 0.717) is 11.3 Å². The fourth-order valence-corrected chi connectivity index (χ4v) is 2.15. The van der Waals surface area contributed by atoms with Gasteiger partial charge in [0.15, 0.2) is 0 Å². The molecule has 1 amide bonds. The summed E-state index contributed by atoms with van der Waals surface area (Å²) in [6.07, 6.45) is 4.93. The van der Waals surface area contributed by atoms with Crippen molar-refractivity contribution in [1.29, 1.82) is 0 Å². The van der Waals surface area contributed by atoms with E-state index in [1.165, 1.54) is 0 Å². The Balaban J connectivity index is 1.87. The standard InChI is InChI=1S/C15H15N5O/c1-11-14(15(21)18-12-8-16-19(2)10-12)9-17-20(11)13-6-4-3-5-7-13/h3-10H,1-2H3,(H,18,21). The molecule has 0 aliphatic heterocycles. The van der Waals surface area contributed by atoms with Gasteiger partial charge >= 0.3 is 0 Å². The van der Waals surface area contributed by atoms with Gasteiger partial charge in [0.25, 0.3) is 5.91 Å². The second kappa shape index (κ2) is 5.24. The maximum atomic E-state index is 12.3. The zero-order valence-corrected chi connectivity index (χ0v) is 11.8. The number of hydrogen-bond donors (Lipinski definition) is 1. The number of para-hydroxylation sites is 1. The summed E-state index contributed by atoms with van der Waals surface area (Å²) in [5.41, 5.74) is 2.93. The van der Waals surface area contributed by atoms with Gasteiger partial charge in [-0.05, 0) is 19.1 Å². The molecule has 6 heteroatoms. The number of carbonyl (C=O) groups excluding carboxylic acids is 1. The fourth-order valence-electron chi connectivity index (χ4n) is 2.15. The van der Waals surface area contributed by atoms with Crippen LogP contribution in [0.2, 0.25) is 0 Å². The number of aromatic nitrogens is 4. The summed E-state index contributed by atoms with van der Waals surface area (Å²) in [5, 5.41) is 11.1. The first-order valence-electron chi connectivity index (χ1n) is 6.55. The molecule has 3 rings (SSSR count). The van der Waals surface area contributed by atoms with Crippen molar-refractivity contribution in [1.82, 2.24) is 19.6 Å². The lowest BCUT2D eigenvalue weighted by Crippen LogP contribution is -2.12. The van der Waals surface area contributed by atoms with Gasteiger partial charge in [-0.1, -0.05) is 18.2 Å². The first-order chi connectivity index (χ1) is 10.1. The van der Waals surface area contributed by atoms with Crippen LogP contribution in [-0.4, -0.2) is 25.5 Å². The van der Waals surface area contributed by atoms with Crippen molar-refractivity contribution in [3.05, 3.63) is 60.2 Å². The number of nitrogens with one attached hydrogen (secondary N) is 1. The van der Waals surface area contributed by atoms with Gasteiger partial charge in [0.05, 0.1) is 35.0 Å². The predicted octanol–water partition coefficient (Wildman–Crippen LogP) is 2.17. The van der Waals surface area contributed by atoms with Crippen LogP contribution in [0.4, 0.5) is 5.69 Å². The Morgan fingerprint density at radius 2 is 1.90 bits per heavy atom. The average molecular weight is 281 g/mol. The fraction of sp³-hybridized carbons (Fsp3) is 0.133. The molecular weight excluding hydrogens is 266 g/mol. The van der Waals surface area contributed by atoms with Crippen LogP contribution in [0.25, 0.3) is 5.69 Å². The van der Waals surface area contributed by atoms with Crippen LogP contribution in [0.5, 0.6) is 0 Å². The minimum atomic E-state index is -0.192. The highest BCUT2D eigenvalue weighted by Crippen LogP contribution is 2.15. The molecule has 2 heterocycles. The summed E-state index contributed by atoms with van der Waals surface area (Å²) < 4.78 is 3.38. The molecular formula is C15H15N5O. The van der Waals surface area contributed by atoms with E-state index < -0.39 is 0 Å². The van der Waals surface area contributed by atoms with Gasteiger partial charge in [0, 0.05) is 13.2 Å². The monoisotopic (exact) mass is 281 g/mol. The van der Waals surface area contributed by atoms with Crippen LogP contribution in [0, 0.1) is 6.92 Å². The van der Waals surface area contributed by atoms with Gasteiger partial charge in [-0.15, -0.1) is 0 Å². The molecule has 0 bridgehead atoms. The van der Waals surface area contributed by atoms with Crippen molar-refractivity contribution < 1.29 is 4.79 Å². The van der Waals surface area contributed by atoms with Crippen LogP contribution in [0.3, 0.4) is 0 Å². The molecule has 0 spiro atoms. The van der Waals surface area contributed by atoms with Crippen molar-refractivity contribution >= 4 is 11.6 Å². The molecule has 0 saturated heterocycles. The lowest BCUT2D eigenvalue weighted by molar-refractivity contribution is 0.102. The molecule has 1 N–H and O–H groups in total. The molecule has 6 nitrogen and oxygen atoms in total. The Labute approximate surface area is 122 Å². The number of amides is 1. The molecule has 2 aromatic heterocycles. The Morgan fingerprint density at radius 3 is 2.57 bits per heavy atom. The minimum absolute atomic E-state index is 0.192. The van der Waals surface area contributed by atoms with E-state index >= 15 is 0 Å². The molecule has 0 atom stereocenters. The zero-order valence-electron chi connectivity index (χ0n) is 11.8. The number of hydrogen-bond acceptors (Lipinski definition) is 3. The second-order valence-corrected chi connectivity index (χ2v) is 4.75. The second-order valence-electron chi connectivity index (χ2n) is 4.75. The topological polar surface area (TPSA) is 64.7 Å². The van der Waals surface area contributed by atoms with Crippen LogP contribution in [0.15, 0.2) is 48.9 Å². The number of benzene rings is 1. The summed E-state index contributed by atoms with van der Waals surface area (Å²) in [7, 11) is 1.80. The Hall–Kier alpha value is -2.89. The van der Waals surface area contributed by atoms with Crippen LogP contribution in [-0.2, 0) is 7.05 Å². The highest BCUT2D eigenvalue weighted by atomic mass is 16.1. The molecule has 0 unspecified atom stereocenters. The number of anilines is 1. The number of carbonyl (C=O) groups is 1. The first kappa shape index (κ1) is 13.1. The molecule has 3 aromatic rings. The Bertz CT molecular complexity index is 772. The number of aryl methyl sites for hydroxylation is 1. The van der Waals surface area contributed by atoms with Crippen LogP contribution < -0.4 is 5.32 Å². The van der Waals surface area contributed by atoms with Crippen LogP contribution >= 0.6 is 0 Å². The summed E-state index contributed by atoms with van der Waals surface area (Å²) in [5.74, 6) is -0.192. The van der Waals surface area contributed by atoms with E-state index in [1.807, 2.05) is 37.3 Å². The van der Waals surface area contributed by atoms with Crippen molar-refractivity contribution in [2.75, 3.05) is 5.32 Å². The lowest BCUT2D eigenvalue weighted by Gasteiger charge is -2.05. The Morgan fingerprint density at radius 1 is 1.14 bits per heavy atom. The maximum Gasteiger partial charge on any atom is 0.259 e. The van der Waals surface area contributed by atoms with Crippen molar-refractivity contribution in [2.45, 2.75) is 6.92 Å². The van der Waals surface area contributed by atoms with E-state index in [0.717, 1.165) is 11.4 Å². The average Bonchev–Trinajstić information content (AvgIpc) is 3.06. The quantitative estimate of drug-likeness (QED) is 0.800. The van der Waals surface area contributed by atoms with Gasteiger partial charge in [-0.3, -0.25) is 9.48 Å². The van der Waals surface area contributed by atoms with Crippen molar-refractivity contribution in [3.63, 3.8) is 0 Å². The van der Waals surface area contributed by atoms with Crippen molar-refractivity contribution in [3.8, 4) is 5.69 Å². The van der Waals surface area contributed by atoms with Gasteiger partial charge in [0.1, 0.15) is 0 Å². The normalized spacial score (nSPS) is 10.6. The highest BCUT2D eigenvalue weighted by molar-refractivity contribution is 6.04. The van der Waals surface area contributed by atoms with E-state index in [9.17, 15) is 4.79 Å². The SMILES string of the molecule is Cc1c(C(=O)Nc2cnn(C)c2)cnn1-c1ccccc1. The van der Waals surface area contributed by atoms with E-state index in [4.69, 9.17) is 0 Å².